The van der Waals surface area contributed by atoms with E-state index in [0.29, 0.717) is 5.76 Å². The zero-order valence-corrected chi connectivity index (χ0v) is 13.9. The number of rotatable bonds is 8. The van der Waals surface area contributed by atoms with Gasteiger partial charge in [-0.2, -0.15) is 0 Å². The Balaban J connectivity index is 2.06. The molecule has 2 aliphatic rings. The van der Waals surface area contributed by atoms with Crippen LogP contribution in [-0.4, -0.2) is 34.5 Å². The van der Waals surface area contributed by atoms with Gasteiger partial charge in [-0.15, -0.1) is 0 Å². The second kappa shape index (κ2) is 7.58. The molecule has 2 rings (SSSR count). The van der Waals surface area contributed by atoms with Gasteiger partial charge in [-0.25, -0.2) is 0 Å². The minimum atomic E-state index is 0.432. The maximum absolute atomic E-state index is 10.2. The van der Waals surface area contributed by atoms with Crippen LogP contribution in [0.25, 0.3) is 0 Å². The number of hydrogen-bond acceptors (Lipinski definition) is 3. The van der Waals surface area contributed by atoms with Gasteiger partial charge in [0.25, 0.3) is 0 Å². The van der Waals surface area contributed by atoms with Crippen molar-refractivity contribution in [2.75, 3.05) is 19.6 Å². The van der Waals surface area contributed by atoms with Crippen molar-refractivity contribution < 1.29 is 5.11 Å². The van der Waals surface area contributed by atoms with Gasteiger partial charge in [0.1, 0.15) is 5.76 Å². The summed E-state index contributed by atoms with van der Waals surface area (Å²) in [7, 11) is 0. The molecule has 21 heavy (non-hydrogen) atoms. The van der Waals surface area contributed by atoms with Crippen molar-refractivity contribution in [3.63, 3.8) is 0 Å². The van der Waals surface area contributed by atoms with Crippen LogP contribution < -0.4 is 0 Å². The maximum Gasteiger partial charge on any atom is 0.136 e. The summed E-state index contributed by atoms with van der Waals surface area (Å²) in [6.45, 7) is 9.57. The minimum Gasteiger partial charge on any atom is -0.506 e. The molecule has 0 amide bonds. The molecule has 2 aliphatic heterocycles. The maximum atomic E-state index is 10.2. The third kappa shape index (κ3) is 3.63. The Hall–Kier alpha value is -1.38. The van der Waals surface area contributed by atoms with E-state index >= 15 is 0 Å². The lowest BCUT2D eigenvalue weighted by atomic mass is 10.1. The molecule has 0 fully saturated rings. The highest BCUT2D eigenvalue weighted by Crippen LogP contribution is 2.34. The van der Waals surface area contributed by atoms with Crippen molar-refractivity contribution >= 4 is 0 Å². The zero-order valence-electron chi connectivity index (χ0n) is 13.9. The SMILES string of the molecule is CCCCCN1CC=C2C1=CC(O)=C(C)N2CCCCC. The van der Waals surface area contributed by atoms with Crippen LogP contribution in [0.1, 0.15) is 59.3 Å². The van der Waals surface area contributed by atoms with E-state index in [1.54, 1.807) is 0 Å². The standard InChI is InChI=1S/C18H30N2O/c1-4-6-8-11-19-13-10-16-17(19)14-18(21)15(3)20(16)12-9-7-5-2/h10,14,21H,4-9,11-13H2,1-3H3. The van der Waals surface area contributed by atoms with E-state index in [-0.39, 0.29) is 0 Å². The number of fused-ring (bicyclic) bond motifs is 1. The van der Waals surface area contributed by atoms with Gasteiger partial charge >= 0.3 is 0 Å². The molecule has 0 saturated heterocycles. The van der Waals surface area contributed by atoms with Crippen LogP contribution in [0.5, 0.6) is 0 Å². The molecular formula is C18H30N2O. The number of aliphatic hydroxyl groups is 1. The molecule has 0 aliphatic carbocycles. The highest BCUT2D eigenvalue weighted by Gasteiger charge is 2.29. The van der Waals surface area contributed by atoms with Gasteiger partial charge in [-0.1, -0.05) is 39.5 Å². The van der Waals surface area contributed by atoms with Crippen LogP contribution >= 0.6 is 0 Å². The Morgan fingerprint density at radius 2 is 1.67 bits per heavy atom. The first-order chi connectivity index (χ1) is 10.2. The lowest BCUT2D eigenvalue weighted by molar-refractivity contribution is 0.321. The monoisotopic (exact) mass is 290 g/mol. The molecule has 0 aromatic heterocycles. The molecule has 0 aromatic rings. The number of hydrogen-bond donors (Lipinski definition) is 1. The summed E-state index contributed by atoms with van der Waals surface area (Å²) < 4.78 is 0. The van der Waals surface area contributed by atoms with E-state index in [4.69, 9.17) is 0 Å². The summed E-state index contributed by atoms with van der Waals surface area (Å²) in [6.07, 6.45) is 11.7. The van der Waals surface area contributed by atoms with Gasteiger partial charge in [0, 0.05) is 25.7 Å². The summed E-state index contributed by atoms with van der Waals surface area (Å²) in [6, 6.07) is 0. The van der Waals surface area contributed by atoms with E-state index < -0.39 is 0 Å². The number of nitrogens with zero attached hydrogens (tertiary/aromatic N) is 2. The molecule has 3 nitrogen and oxygen atoms in total. The molecule has 0 radical (unpaired) electrons. The molecule has 0 spiro atoms. The summed E-state index contributed by atoms with van der Waals surface area (Å²) >= 11 is 0. The largest absolute Gasteiger partial charge is 0.506 e. The first-order valence-electron chi connectivity index (χ1n) is 8.53. The molecule has 118 valence electrons. The third-order valence-corrected chi connectivity index (χ3v) is 4.46. The van der Waals surface area contributed by atoms with Crippen molar-refractivity contribution in [3.05, 3.63) is 35.0 Å². The molecule has 0 aromatic carbocycles. The molecule has 0 atom stereocenters. The third-order valence-electron chi connectivity index (χ3n) is 4.46. The molecule has 2 heterocycles. The van der Waals surface area contributed by atoms with Crippen molar-refractivity contribution in [2.45, 2.75) is 59.3 Å². The Labute approximate surface area is 129 Å². The highest BCUT2D eigenvalue weighted by molar-refractivity contribution is 5.45. The number of unbranched alkanes of at least 4 members (excludes halogenated alkanes) is 4. The lowest BCUT2D eigenvalue weighted by Gasteiger charge is -2.33. The molecule has 0 saturated carbocycles. The Bertz CT molecular complexity index is 448. The predicted octanol–water partition coefficient (Wildman–Crippen LogP) is 4.56. The molecule has 3 heteroatoms. The van der Waals surface area contributed by atoms with Crippen LogP contribution in [0.15, 0.2) is 35.0 Å². The normalized spacial score (nSPS) is 18.0. The molecular weight excluding hydrogens is 260 g/mol. The summed E-state index contributed by atoms with van der Waals surface area (Å²) in [4.78, 5) is 4.71. The fourth-order valence-corrected chi connectivity index (χ4v) is 3.10. The van der Waals surface area contributed by atoms with Gasteiger partial charge in [0.15, 0.2) is 0 Å². The summed E-state index contributed by atoms with van der Waals surface area (Å²) in [5, 5.41) is 10.2. The quantitative estimate of drug-likeness (QED) is 0.664. The van der Waals surface area contributed by atoms with Crippen LogP contribution in [0.2, 0.25) is 0 Å². The summed E-state index contributed by atoms with van der Waals surface area (Å²) in [5.41, 5.74) is 3.51. The average molecular weight is 290 g/mol. The first kappa shape index (κ1) is 16.0. The van der Waals surface area contributed by atoms with Crippen LogP contribution in [-0.2, 0) is 0 Å². The highest BCUT2D eigenvalue weighted by atomic mass is 16.3. The second-order valence-corrected chi connectivity index (χ2v) is 6.10. The van der Waals surface area contributed by atoms with Gasteiger partial charge in [0.2, 0.25) is 0 Å². The topological polar surface area (TPSA) is 26.7 Å². The number of allylic oxidation sites excluding steroid dienone is 2. The number of aliphatic hydroxyl groups excluding tert-OH is 1. The van der Waals surface area contributed by atoms with Crippen molar-refractivity contribution in [2.24, 2.45) is 0 Å². The molecule has 0 bridgehead atoms. The van der Waals surface area contributed by atoms with Crippen molar-refractivity contribution in [1.29, 1.82) is 0 Å². The van der Waals surface area contributed by atoms with E-state index in [1.165, 1.54) is 49.9 Å². The van der Waals surface area contributed by atoms with Crippen LogP contribution in [0, 0.1) is 0 Å². The molecule has 0 unspecified atom stereocenters. The Morgan fingerprint density at radius 3 is 2.33 bits per heavy atom. The fourth-order valence-electron chi connectivity index (χ4n) is 3.10. The Morgan fingerprint density at radius 1 is 1.00 bits per heavy atom. The zero-order chi connectivity index (χ0) is 15.2. The summed E-state index contributed by atoms with van der Waals surface area (Å²) in [5.74, 6) is 0.432. The van der Waals surface area contributed by atoms with Crippen LogP contribution in [0.3, 0.4) is 0 Å². The van der Waals surface area contributed by atoms with Gasteiger partial charge in [-0.3, -0.25) is 0 Å². The van der Waals surface area contributed by atoms with E-state index in [1.807, 2.05) is 13.0 Å². The van der Waals surface area contributed by atoms with E-state index in [9.17, 15) is 5.11 Å². The smallest absolute Gasteiger partial charge is 0.136 e. The fraction of sp³-hybridized carbons (Fsp3) is 0.667. The molecule has 1 N–H and O–H groups in total. The minimum absolute atomic E-state index is 0.432. The van der Waals surface area contributed by atoms with Gasteiger partial charge in [0.05, 0.1) is 17.1 Å². The first-order valence-corrected chi connectivity index (χ1v) is 8.53. The Kier molecular flexibility index (Phi) is 5.77. The van der Waals surface area contributed by atoms with Gasteiger partial charge in [-0.05, 0) is 25.8 Å². The van der Waals surface area contributed by atoms with Gasteiger partial charge < -0.3 is 14.9 Å². The van der Waals surface area contributed by atoms with Crippen molar-refractivity contribution in [3.8, 4) is 0 Å². The van der Waals surface area contributed by atoms with Crippen molar-refractivity contribution in [1.82, 2.24) is 9.80 Å². The van der Waals surface area contributed by atoms with E-state index in [2.05, 4.69) is 29.7 Å². The van der Waals surface area contributed by atoms with Crippen LogP contribution in [0.4, 0.5) is 0 Å². The predicted molar refractivity (Wildman–Crippen MR) is 88.8 cm³/mol. The second-order valence-electron chi connectivity index (χ2n) is 6.10. The lowest BCUT2D eigenvalue weighted by Crippen LogP contribution is -2.30. The van der Waals surface area contributed by atoms with E-state index in [0.717, 1.165) is 25.3 Å². The average Bonchev–Trinajstić information content (AvgIpc) is 2.86.